The van der Waals surface area contributed by atoms with Crippen LogP contribution < -0.4 is 5.32 Å². The maximum atomic E-state index is 11.9. The first-order valence-corrected chi connectivity index (χ1v) is 9.31. The number of nitrogens with one attached hydrogen (secondary N) is 1. The third kappa shape index (κ3) is 8.76. The number of aliphatic carboxylic acids is 1. The van der Waals surface area contributed by atoms with E-state index in [0.29, 0.717) is 6.61 Å². The molecule has 7 nitrogen and oxygen atoms in total. The topological polar surface area (TPSA) is 94.1 Å². The summed E-state index contributed by atoms with van der Waals surface area (Å²) in [6.45, 7) is 4.16. The molecule has 1 amide bonds. The molecule has 2 aromatic carbocycles. The fraction of sp³-hybridized carbons (Fsp3) is 0.364. The summed E-state index contributed by atoms with van der Waals surface area (Å²) in [5.41, 5.74) is 1.22. The SMILES string of the molecule is CC(C)(COCC(NC(=O)OCc1ccccc1)C(=O)O)OCc1ccccc1. The van der Waals surface area contributed by atoms with Gasteiger partial charge < -0.3 is 24.6 Å². The average molecular weight is 401 g/mol. The second-order valence-electron chi connectivity index (χ2n) is 7.15. The van der Waals surface area contributed by atoms with Crippen molar-refractivity contribution in [3.8, 4) is 0 Å². The molecule has 156 valence electrons. The van der Waals surface area contributed by atoms with E-state index in [-0.39, 0.29) is 19.8 Å². The number of rotatable bonds is 11. The molecule has 0 aliphatic heterocycles. The summed E-state index contributed by atoms with van der Waals surface area (Å²) in [5.74, 6) is -1.20. The molecule has 29 heavy (non-hydrogen) atoms. The van der Waals surface area contributed by atoms with Crippen LogP contribution in [-0.4, -0.2) is 42.0 Å². The van der Waals surface area contributed by atoms with Crippen molar-refractivity contribution in [3.05, 3.63) is 71.8 Å². The molecule has 0 aromatic heterocycles. The van der Waals surface area contributed by atoms with Crippen molar-refractivity contribution < 1.29 is 28.9 Å². The Morgan fingerprint density at radius 1 is 0.966 bits per heavy atom. The molecule has 0 bridgehead atoms. The van der Waals surface area contributed by atoms with Gasteiger partial charge in [0, 0.05) is 0 Å². The summed E-state index contributed by atoms with van der Waals surface area (Å²) in [7, 11) is 0. The lowest BCUT2D eigenvalue weighted by atomic mass is 10.1. The molecular formula is C22H27NO6. The number of amides is 1. The molecule has 7 heteroatoms. The minimum Gasteiger partial charge on any atom is -0.480 e. The molecule has 0 heterocycles. The Bertz CT molecular complexity index is 763. The van der Waals surface area contributed by atoms with Crippen molar-refractivity contribution in [2.24, 2.45) is 0 Å². The summed E-state index contributed by atoms with van der Waals surface area (Å²) in [5, 5.41) is 11.6. The summed E-state index contributed by atoms with van der Waals surface area (Å²) in [6.07, 6.45) is -0.815. The van der Waals surface area contributed by atoms with Crippen LogP contribution in [0.15, 0.2) is 60.7 Å². The highest BCUT2D eigenvalue weighted by molar-refractivity contribution is 5.80. The predicted octanol–water partition coefficient (Wildman–Crippen LogP) is 3.38. The zero-order chi connectivity index (χ0) is 21.1. The van der Waals surface area contributed by atoms with Gasteiger partial charge in [-0.3, -0.25) is 0 Å². The van der Waals surface area contributed by atoms with Crippen molar-refractivity contribution in [3.63, 3.8) is 0 Å². The highest BCUT2D eigenvalue weighted by Gasteiger charge is 2.24. The zero-order valence-electron chi connectivity index (χ0n) is 16.7. The number of carboxylic acids is 1. The first-order chi connectivity index (χ1) is 13.9. The van der Waals surface area contributed by atoms with Gasteiger partial charge in [0.15, 0.2) is 6.04 Å². The van der Waals surface area contributed by atoms with E-state index in [2.05, 4.69) is 5.32 Å². The van der Waals surface area contributed by atoms with E-state index in [1.807, 2.05) is 74.5 Å². The molecule has 2 aromatic rings. The summed E-state index contributed by atoms with van der Waals surface area (Å²) in [4.78, 5) is 23.3. The number of ether oxygens (including phenoxy) is 3. The van der Waals surface area contributed by atoms with Crippen LogP contribution in [0.5, 0.6) is 0 Å². The highest BCUT2D eigenvalue weighted by atomic mass is 16.6. The molecule has 2 rings (SSSR count). The minimum atomic E-state index is -1.22. The molecule has 0 fully saturated rings. The number of benzene rings is 2. The summed E-state index contributed by atoms with van der Waals surface area (Å²) >= 11 is 0. The molecule has 0 aliphatic rings. The quantitative estimate of drug-likeness (QED) is 0.600. The van der Waals surface area contributed by atoms with Crippen LogP contribution in [0.4, 0.5) is 4.79 Å². The van der Waals surface area contributed by atoms with Gasteiger partial charge in [-0.25, -0.2) is 9.59 Å². The van der Waals surface area contributed by atoms with E-state index < -0.39 is 23.7 Å². The van der Waals surface area contributed by atoms with E-state index in [1.165, 1.54) is 0 Å². The van der Waals surface area contributed by atoms with Crippen molar-refractivity contribution in [1.82, 2.24) is 5.32 Å². The minimum absolute atomic E-state index is 0.0558. The molecule has 1 unspecified atom stereocenters. The molecule has 1 atom stereocenters. The number of carboxylic acid groups (broad SMARTS) is 1. The lowest BCUT2D eigenvalue weighted by Crippen LogP contribution is -2.45. The fourth-order valence-corrected chi connectivity index (χ4v) is 2.40. The number of alkyl carbamates (subject to hydrolysis) is 1. The van der Waals surface area contributed by atoms with Gasteiger partial charge >= 0.3 is 12.1 Å². The molecular weight excluding hydrogens is 374 g/mol. The van der Waals surface area contributed by atoms with Crippen LogP contribution in [0.3, 0.4) is 0 Å². The number of hydrogen-bond acceptors (Lipinski definition) is 5. The second kappa shape index (κ2) is 11.2. The van der Waals surface area contributed by atoms with E-state index in [9.17, 15) is 14.7 Å². The molecule has 0 spiro atoms. The summed E-state index contributed by atoms with van der Waals surface area (Å²) < 4.78 is 16.4. The third-order valence-electron chi connectivity index (χ3n) is 4.01. The predicted molar refractivity (Wildman–Crippen MR) is 107 cm³/mol. The van der Waals surface area contributed by atoms with Crippen LogP contribution in [0.1, 0.15) is 25.0 Å². The Kier molecular flexibility index (Phi) is 8.64. The smallest absolute Gasteiger partial charge is 0.408 e. The van der Waals surface area contributed by atoms with E-state index in [0.717, 1.165) is 11.1 Å². The molecule has 0 aliphatic carbocycles. The normalized spacial score (nSPS) is 12.2. The summed E-state index contributed by atoms with van der Waals surface area (Å²) in [6, 6.07) is 17.6. The Morgan fingerprint density at radius 3 is 2.07 bits per heavy atom. The molecule has 0 saturated heterocycles. The van der Waals surface area contributed by atoms with Gasteiger partial charge in [0.1, 0.15) is 6.61 Å². The maximum Gasteiger partial charge on any atom is 0.408 e. The standard InChI is InChI=1S/C22H27NO6/c1-22(2,29-14-18-11-7-4-8-12-18)16-27-15-19(20(24)25)23-21(26)28-13-17-9-5-3-6-10-17/h3-12,19H,13-16H2,1-2H3,(H,23,26)(H,24,25). The fourth-order valence-electron chi connectivity index (χ4n) is 2.40. The monoisotopic (exact) mass is 401 g/mol. The molecule has 0 radical (unpaired) electrons. The lowest BCUT2D eigenvalue weighted by molar-refractivity contribution is -0.142. The molecule has 0 saturated carbocycles. The van der Waals surface area contributed by atoms with Crippen molar-refractivity contribution in [2.75, 3.05) is 13.2 Å². The van der Waals surface area contributed by atoms with Crippen LogP contribution in [-0.2, 0) is 32.2 Å². The Hall–Kier alpha value is -2.90. The number of carbonyl (C=O) groups excluding carboxylic acids is 1. The zero-order valence-corrected chi connectivity index (χ0v) is 16.7. The number of hydrogen-bond donors (Lipinski definition) is 2. The van der Waals surface area contributed by atoms with Crippen LogP contribution in [0, 0.1) is 0 Å². The third-order valence-corrected chi connectivity index (χ3v) is 4.01. The van der Waals surface area contributed by atoms with E-state index in [4.69, 9.17) is 14.2 Å². The van der Waals surface area contributed by atoms with Gasteiger partial charge in [-0.2, -0.15) is 0 Å². The van der Waals surface area contributed by atoms with Gasteiger partial charge in [-0.1, -0.05) is 60.7 Å². The molecule has 2 N–H and O–H groups in total. The maximum absolute atomic E-state index is 11.9. The van der Waals surface area contributed by atoms with Crippen molar-refractivity contribution in [2.45, 2.75) is 38.7 Å². The second-order valence-corrected chi connectivity index (χ2v) is 7.15. The van der Waals surface area contributed by atoms with Crippen LogP contribution >= 0.6 is 0 Å². The Labute approximate surface area is 170 Å². The van der Waals surface area contributed by atoms with Gasteiger partial charge in [0.25, 0.3) is 0 Å². The highest BCUT2D eigenvalue weighted by Crippen LogP contribution is 2.13. The largest absolute Gasteiger partial charge is 0.480 e. The van der Waals surface area contributed by atoms with Gasteiger partial charge in [-0.05, 0) is 25.0 Å². The Balaban J connectivity index is 1.73. The number of carbonyl (C=O) groups is 2. The van der Waals surface area contributed by atoms with Gasteiger partial charge in [0.2, 0.25) is 0 Å². The first kappa shape index (κ1) is 22.4. The van der Waals surface area contributed by atoms with E-state index >= 15 is 0 Å². The van der Waals surface area contributed by atoms with E-state index in [1.54, 1.807) is 0 Å². The Morgan fingerprint density at radius 2 is 1.52 bits per heavy atom. The van der Waals surface area contributed by atoms with Crippen molar-refractivity contribution >= 4 is 12.1 Å². The first-order valence-electron chi connectivity index (χ1n) is 9.31. The van der Waals surface area contributed by atoms with Crippen LogP contribution in [0.25, 0.3) is 0 Å². The van der Waals surface area contributed by atoms with Gasteiger partial charge in [0.05, 0.1) is 25.4 Å². The average Bonchev–Trinajstić information content (AvgIpc) is 2.71. The van der Waals surface area contributed by atoms with Gasteiger partial charge in [-0.15, -0.1) is 0 Å². The lowest BCUT2D eigenvalue weighted by Gasteiger charge is -2.26. The van der Waals surface area contributed by atoms with Crippen molar-refractivity contribution in [1.29, 1.82) is 0 Å². The van der Waals surface area contributed by atoms with Crippen LogP contribution in [0.2, 0.25) is 0 Å².